The van der Waals surface area contributed by atoms with Crippen molar-refractivity contribution in [1.82, 2.24) is 9.78 Å². The first-order valence-electron chi connectivity index (χ1n) is 4.64. The van der Waals surface area contributed by atoms with Gasteiger partial charge in [0, 0.05) is 17.6 Å². The molecule has 4 heteroatoms. The van der Waals surface area contributed by atoms with Gasteiger partial charge in [-0.25, -0.2) is 0 Å². The van der Waals surface area contributed by atoms with Gasteiger partial charge in [0.25, 0.3) is 0 Å². The molecule has 2 rings (SSSR count). The van der Waals surface area contributed by atoms with Crippen molar-refractivity contribution in [1.29, 1.82) is 0 Å². The molecular formula is C11H12ClN3. The molecule has 0 amide bonds. The quantitative estimate of drug-likeness (QED) is 0.805. The second-order valence-electron chi connectivity index (χ2n) is 3.48. The molecule has 0 aliphatic carbocycles. The third-order valence-corrected chi connectivity index (χ3v) is 2.65. The lowest BCUT2D eigenvalue weighted by Gasteiger charge is -2.01. The van der Waals surface area contributed by atoms with Crippen molar-refractivity contribution in [3.8, 4) is 11.1 Å². The fraction of sp³-hybridized carbons (Fsp3) is 0.182. The Morgan fingerprint density at radius 1 is 1.27 bits per heavy atom. The molecule has 0 aliphatic heterocycles. The van der Waals surface area contributed by atoms with E-state index in [-0.39, 0.29) is 0 Å². The van der Waals surface area contributed by atoms with Crippen LogP contribution in [0.2, 0.25) is 5.02 Å². The third kappa shape index (κ3) is 1.70. The average molecular weight is 222 g/mol. The summed E-state index contributed by atoms with van der Waals surface area (Å²) in [5.41, 5.74) is 8.89. The lowest BCUT2D eigenvalue weighted by molar-refractivity contribution is 0.767. The van der Waals surface area contributed by atoms with E-state index in [0.717, 1.165) is 21.8 Å². The number of halogens is 1. The van der Waals surface area contributed by atoms with Gasteiger partial charge in [-0.2, -0.15) is 5.10 Å². The molecule has 0 unspecified atom stereocenters. The van der Waals surface area contributed by atoms with Crippen LogP contribution in [0.5, 0.6) is 0 Å². The van der Waals surface area contributed by atoms with Crippen LogP contribution < -0.4 is 5.73 Å². The summed E-state index contributed by atoms with van der Waals surface area (Å²) in [5.74, 6) is 0.676. The monoisotopic (exact) mass is 221 g/mol. The van der Waals surface area contributed by atoms with Gasteiger partial charge in [0.1, 0.15) is 5.82 Å². The zero-order valence-corrected chi connectivity index (χ0v) is 9.42. The van der Waals surface area contributed by atoms with E-state index >= 15 is 0 Å². The van der Waals surface area contributed by atoms with E-state index in [2.05, 4.69) is 5.10 Å². The third-order valence-electron chi connectivity index (χ3n) is 2.40. The van der Waals surface area contributed by atoms with Gasteiger partial charge in [-0.1, -0.05) is 23.7 Å². The standard InChI is InChI=1S/C11H12ClN3/c1-7-10(11(13)15(2)14-7)8-3-5-9(12)6-4-8/h3-6H,13H2,1-2H3. The van der Waals surface area contributed by atoms with Gasteiger partial charge in [0.2, 0.25) is 0 Å². The van der Waals surface area contributed by atoms with Crippen LogP contribution in [0.4, 0.5) is 5.82 Å². The highest BCUT2D eigenvalue weighted by molar-refractivity contribution is 6.30. The molecule has 0 aliphatic rings. The molecular weight excluding hydrogens is 210 g/mol. The first-order chi connectivity index (χ1) is 7.09. The molecule has 0 bridgehead atoms. The summed E-state index contributed by atoms with van der Waals surface area (Å²) in [6.45, 7) is 1.94. The molecule has 0 fully saturated rings. The van der Waals surface area contributed by atoms with Gasteiger partial charge < -0.3 is 5.73 Å². The highest BCUT2D eigenvalue weighted by Crippen LogP contribution is 2.29. The van der Waals surface area contributed by atoms with Gasteiger partial charge in [0.15, 0.2) is 0 Å². The van der Waals surface area contributed by atoms with Crippen molar-refractivity contribution >= 4 is 17.4 Å². The Kier molecular flexibility index (Phi) is 2.40. The van der Waals surface area contributed by atoms with Crippen molar-refractivity contribution in [2.24, 2.45) is 7.05 Å². The van der Waals surface area contributed by atoms with E-state index in [1.165, 1.54) is 0 Å². The number of aryl methyl sites for hydroxylation is 2. The van der Waals surface area contributed by atoms with Crippen LogP contribution in [0.3, 0.4) is 0 Å². The van der Waals surface area contributed by atoms with E-state index in [1.54, 1.807) is 4.68 Å². The molecule has 15 heavy (non-hydrogen) atoms. The summed E-state index contributed by atoms with van der Waals surface area (Å²) >= 11 is 5.83. The fourth-order valence-corrected chi connectivity index (χ4v) is 1.78. The summed E-state index contributed by atoms with van der Waals surface area (Å²) < 4.78 is 1.68. The number of aromatic nitrogens is 2. The minimum atomic E-state index is 0.676. The lowest BCUT2D eigenvalue weighted by Crippen LogP contribution is -1.97. The topological polar surface area (TPSA) is 43.8 Å². The predicted octanol–water partition coefficient (Wildman–Crippen LogP) is 2.63. The van der Waals surface area contributed by atoms with E-state index in [4.69, 9.17) is 17.3 Å². The largest absolute Gasteiger partial charge is 0.383 e. The number of hydrogen-bond donors (Lipinski definition) is 1. The summed E-state index contributed by atoms with van der Waals surface area (Å²) in [6, 6.07) is 7.59. The van der Waals surface area contributed by atoms with Crippen molar-refractivity contribution in [3.05, 3.63) is 35.0 Å². The van der Waals surface area contributed by atoms with Crippen LogP contribution in [0.1, 0.15) is 5.69 Å². The molecule has 2 N–H and O–H groups in total. The zero-order chi connectivity index (χ0) is 11.0. The average Bonchev–Trinajstić information content (AvgIpc) is 2.44. The number of nitrogens with zero attached hydrogens (tertiary/aromatic N) is 2. The van der Waals surface area contributed by atoms with Gasteiger partial charge in [-0.3, -0.25) is 4.68 Å². The van der Waals surface area contributed by atoms with E-state index in [0.29, 0.717) is 5.82 Å². The zero-order valence-electron chi connectivity index (χ0n) is 8.66. The number of nitrogens with two attached hydrogens (primary N) is 1. The molecule has 1 heterocycles. The van der Waals surface area contributed by atoms with Crippen LogP contribution >= 0.6 is 11.6 Å². The van der Waals surface area contributed by atoms with Crippen LogP contribution in [-0.2, 0) is 7.05 Å². The molecule has 2 aromatic rings. The van der Waals surface area contributed by atoms with Gasteiger partial charge >= 0.3 is 0 Å². The summed E-state index contributed by atoms with van der Waals surface area (Å²) in [6.07, 6.45) is 0. The number of hydrogen-bond acceptors (Lipinski definition) is 2. The second-order valence-corrected chi connectivity index (χ2v) is 3.91. The van der Waals surface area contributed by atoms with Crippen molar-refractivity contribution in [3.63, 3.8) is 0 Å². The smallest absolute Gasteiger partial charge is 0.129 e. The highest BCUT2D eigenvalue weighted by atomic mass is 35.5. The molecule has 3 nitrogen and oxygen atoms in total. The first-order valence-corrected chi connectivity index (χ1v) is 5.02. The molecule has 0 saturated carbocycles. The van der Waals surface area contributed by atoms with Gasteiger partial charge in [-0.05, 0) is 24.6 Å². The van der Waals surface area contributed by atoms with Crippen LogP contribution in [0, 0.1) is 6.92 Å². The Labute approximate surface area is 93.5 Å². The van der Waals surface area contributed by atoms with Crippen molar-refractivity contribution in [2.75, 3.05) is 5.73 Å². The molecule has 0 atom stereocenters. The minimum absolute atomic E-state index is 0.676. The van der Waals surface area contributed by atoms with Gasteiger partial charge in [0.05, 0.1) is 5.69 Å². The Hall–Kier alpha value is -1.48. The lowest BCUT2D eigenvalue weighted by atomic mass is 10.1. The molecule has 78 valence electrons. The van der Waals surface area contributed by atoms with Crippen LogP contribution in [0.15, 0.2) is 24.3 Å². The number of nitrogen functional groups attached to an aromatic ring is 1. The van der Waals surface area contributed by atoms with Crippen molar-refractivity contribution < 1.29 is 0 Å². The predicted molar refractivity (Wildman–Crippen MR) is 62.8 cm³/mol. The maximum absolute atomic E-state index is 5.94. The highest BCUT2D eigenvalue weighted by Gasteiger charge is 2.11. The molecule has 1 aromatic carbocycles. The second kappa shape index (κ2) is 3.59. The summed E-state index contributed by atoms with van der Waals surface area (Å²) in [4.78, 5) is 0. The molecule has 0 spiro atoms. The van der Waals surface area contributed by atoms with E-state index < -0.39 is 0 Å². The Balaban J connectivity index is 2.58. The number of rotatable bonds is 1. The first kappa shape index (κ1) is 10.1. The van der Waals surface area contributed by atoms with Crippen LogP contribution in [0.25, 0.3) is 11.1 Å². The Morgan fingerprint density at radius 2 is 1.87 bits per heavy atom. The maximum atomic E-state index is 5.94. The van der Waals surface area contributed by atoms with E-state index in [1.807, 2.05) is 38.2 Å². The van der Waals surface area contributed by atoms with Crippen LogP contribution in [-0.4, -0.2) is 9.78 Å². The molecule has 0 radical (unpaired) electrons. The van der Waals surface area contributed by atoms with Gasteiger partial charge in [-0.15, -0.1) is 0 Å². The minimum Gasteiger partial charge on any atom is -0.383 e. The Morgan fingerprint density at radius 3 is 2.33 bits per heavy atom. The molecule has 1 aromatic heterocycles. The molecule has 0 saturated heterocycles. The number of benzene rings is 1. The van der Waals surface area contributed by atoms with Crippen molar-refractivity contribution in [2.45, 2.75) is 6.92 Å². The number of anilines is 1. The summed E-state index contributed by atoms with van der Waals surface area (Å²) in [5, 5.41) is 4.99. The summed E-state index contributed by atoms with van der Waals surface area (Å²) in [7, 11) is 1.84. The van der Waals surface area contributed by atoms with E-state index in [9.17, 15) is 0 Å². The SMILES string of the molecule is Cc1nn(C)c(N)c1-c1ccc(Cl)cc1. The fourth-order valence-electron chi connectivity index (χ4n) is 1.65. The Bertz CT molecular complexity index is 485. The maximum Gasteiger partial charge on any atom is 0.129 e. The normalized spacial score (nSPS) is 10.6.